The van der Waals surface area contributed by atoms with Crippen LogP contribution in [0, 0.1) is 10.1 Å². The Morgan fingerprint density at radius 1 is 1.29 bits per heavy atom. The number of benzene rings is 1. The van der Waals surface area contributed by atoms with Gasteiger partial charge in [0, 0.05) is 12.1 Å². The number of phenolic OH excluding ortho intramolecular Hbond substituents is 1. The van der Waals surface area contributed by atoms with Crippen LogP contribution in [0.3, 0.4) is 0 Å². The molecule has 0 aliphatic rings. The number of aromatic nitrogens is 2. The monoisotopic (exact) mass is 312 g/mol. The van der Waals surface area contributed by atoms with Crippen molar-refractivity contribution in [3.05, 3.63) is 50.8 Å². The number of sulfonamides is 1. The third-order valence-electron chi connectivity index (χ3n) is 2.37. The molecule has 0 unspecified atom stereocenters. The molecule has 0 fully saturated rings. The third-order valence-corrected chi connectivity index (χ3v) is 3.72. The average Bonchev–Trinajstić information content (AvgIpc) is 2.41. The summed E-state index contributed by atoms with van der Waals surface area (Å²) in [4.78, 5) is 20.2. The standard InChI is InChI=1S/C10H8N4O6S/c15-8-2-1-6(5-7(8)14(17)18)21(19,20)13-9-3-4-10(16)12-11-9/h1-5,15H,(H,11,13)(H,12,16). The van der Waals surface area contributed by atoms with E-state index in [0.29, 0.717) is 6.07 Å². The highest BCUT2D eigenvalue weighted by Crippen LogP contribution is 2.28. The molecule has 0 amide bonds. The Balaban J connectivity index is 2.40. The van der Waals surface area contributed by atoms with Crippen LogP contribution in [0.5, 0.6) is 5.75 Å². The topological polar surface area (TPSA) is 155 Å². The van der Waals surface area contributed by atoms with E-state index in [1.165, 1.54) is 0 Å². The summed E-state index contributed by atoms with van der Waals surface area (Å²) in [6.07, 6.45) is 0. The number of nitro groups is 1. The Kier molecular flexibility index (Phi) is 3.58. The summed E-state index contributed by atoms with van der Waals surface area (Å²) >= 11 is 0. The van der Waals surface area contributed by atoms with E-state index in [1.54, 1.807) is 0 Å². The van der Waals surface area contributed by atoms with E-state index < -0.39 is 36.8 Å². The summed E-state index contributed by atoms with van der Waals surface area (Å²) < 4.78 is 26.1. The number of nitrogens with one attached hydrogen (secondary N) is 2. The van der Waals surface area contributed by atoms with Gasteiger partial charge >= 0.3 is 5.69 Å². The zero-order chi connectivity index (χ0) is 15.6. The molecule has 11 heteroatoms. The van der Waals surface area contributed by atoms with Crippen molar-refractivity contribution in [2.45, 2.75) is 4.90 Å². The minimum Gasteiger partial charge on any atom is -0.502 e. The molecule has 110 valence electrons. The fourth-order valence-electron chi connectivity index (χ4n) is 1.41. The van der Waals surface area contributed by atoms with Gasteiger partial charge in [0.25, 0.3) is 15.6 Å². The first kappa shape index (κ1) is 14.5. The fourth-order valence-corrected chi connectivity index (χ4v) is 2.44. The molecule has 1 aromatic heterocycles. The van der Waals surface area contributed by atoms with Crippen molar-refractivity contribution < 1.29 is 18.4 Å². The average molecular weight is 312 g/mol. The predicted octanol–water partition coefficient (Wildman–Crippen LogP) is 0.185. The largest absolute Gasteiger partial charge is 0.502 e. The smallest absolute Gasteiger partial charge is 0.312 e. The molecule has 21 heavy (non-hydrogen) atoms. The zero-order valence-corrected chi connectivity index (χ0v) is 11.0. The lowest BCUT2D eigenvalue weighted by molar-refractivity contribution is -0.386. The van der Waals surface area contributed by atoms with Crippen LogP contribution < -0.4 is 10.3 Å². The summed E-state index contributed by atoms with van der Waals surface area (Å²) in [5.74, 6) is -0.813. The molecule has 0 saturated carbocycles. The highest BCUT2D eigenvalue weighted by atomic mass is 32.2. The van der Waals surface area contributed by atoms with Crippen molar-refractivity contribution in [3.8, 4) is 5.75 Å². The molecule has 0 spiro atoms. The van der Waals surface area contributed by atoms with E-state index in [4.69, 9.17) is 0 Å². The Hall–Kier alpha value is -2.95. The first-order valence-corrected chi connectivity index (χ1v) is 6.84. The summed E-state index contributed by atoms with van der Waals surface area (Å²) in [7, 11) is -4.15. The minimum atomic E-state index is -4.15. The Bertz CT molecular complexity index is 840. The van der Waals surface area contributed by atoms with Crippen molar-refractivity contribution in [1.29, 1.82) is 0 Å². The van der Waals surface area contributed by atoms with E-state index in [9.17, 15) is 28.4 Å². The molecular weight excluding hydrogens is 304 g/mol. The lowest BCUT2D eigenvalue weighted by Crippen LogP contribution is -2.16. The van der Waals surface area contributed by atoms with Gasteiger partial charge in [-0.25, -0.2) is 13.5 Å². The van der Waals surface area contributed by atoms with Gasteiger partial charge in [-0.15, -0.1) is 0 Å². The lowest BCUT2D eigenvalue weighted by Gasteiger charge is -2.06. The number of anilines is 1. The number of hydrogen-bond donors (Lipinski definition) is 3. The molecule has 0 saturated heterocycles. The highest BCUT2D eigenvalue weighted by molar-refractivity contribution is 7.92. The SMILES string of the molecule is O=c1ccc(NS(=O)(=O)c2ccc(O)c([N+](=O)[O-])c2)n[nH]1. The molecule has 3 N–H and O–H groups in total. The lowest BCUT2D eigenvalue weighted by atomic mass is 10.3. The van der Waals surface area contributed by atoms with Gasteiger partial charge in [0.1, 0.15) is 0 Å². The summed E-state index contributed by atoms with van der Waals surface area (Å²) in [6, 6.07) is 4.79. The number of phenols is 1. The van der Waals surface area contributed by atoms with Crippen LogP contribution >= 0.6 is 0 Å². The van der Waals surface area contributed by atoms with Crippen molar-refractivity contribution >= 4 is 21.5 Å². The normalized spacial score (nSPS) is 11.0. The highest BCUT2D eigenvalue weighted by Gasteiger charge is 2.21. The van der Waals surface area contributed by atoms with Crippen LogP contribution in [0.25, 0.3) is 0 Å². The number of nitro benzene ring substituents is 1. The summed E-state index contributed by atoms with van der Waals surface area (Å²) in [5.41, 5.74) is -1.26. The number of H-pyrrole nitrogens is 1. The van der Waals surface area contributed by atoms with E-state index in [1.807, 2.05) is 9.82 Å². The van der Waals surface area contributed by atoms with Gasteiger partial charge in [-0.1, -0.05) is 0 Å². The van der Waals surface area contributed by atoms with Crippen LogP contribution in [-0.4, -0.2) is 28.6 Å². The van der Waals surface area contributed by atoms with Gasteiger partial charge in [-0.05, 0) is 18.2 Å². The molecular formula is C10H8N4O6S. The first-order chi connectivity index (χ1) is 9.79. The van der Waals surface area contributed by atoms with Gasteiger partial charge in [0.05, 0.1) is 9.82 Å². The molecule has 10 nitrogen and oxygen atoms in total. The maximum Gasteiger partial charge on any atom is 0.312 e. The Morgan fingerprint density at radius 2 is 2.00 bits per heavy atom. The number of aromatic amines is 1. The van der Waals surface area contributed by atoms with Gasteiger partial charge in [-0.2, -0.15) is 5.10 Å². The van der Waals surface area contributed by atoms with Crippen LogP contribution in [0.15, 0.2) is 40.0 Å². The van der Waals surface area contributed by atoms with Crippen LogP contribution in [0.2, 0.25) is 0 Å². The summed E-state index contributed by atoms with van der Waals surface area (Å²) in [6.45, 7) is 0. The van der Waals surface area contributed by atoms with Crippen LogP contribution in [-0.2, 0) is 10.0 Å². The van der Waals surface area contributed by atoms with E-state index >= 15 is 0 Å². The Labute approximate surface area is 117 Å². The van der Waals surface area contributed by atoms with Gasteiger partial charge in [-0.3, -0.25) is 19.6 Å². The molecule has 1 aromatic carbocycles. The van der Waals surface area contributed by atoms with Crippen molar-refractivity contribution in [2.24, 2.45) is 0 Å². The second-order valence-electron chi connectivity index (χ2n) is 3.82. The number of hydrogen-bond acceptors (Lipinski definition) is 7. The molecule has 0 aliphatic carbocycles. The van der Waals surface area contributed by atoms with Gasteiger partial charge in [0.15, 0.2) is 11.6 Å². The second-order valence-corrected chi connectivity index (χ2v) is 5.50. The molecule has 0 aliphatic heterocycles. The van der Waals surface area contributed by atoms with E-state index in [2.05, 4.69) is 5.10 Å². The fraction of sp³-hybridized carbons (Fsp3) is 0. The third kappa shape index (κ3) is 3.14. The minimum absolute atomic E-state index is 0.162. The molecule has 1 heterocycles. The maximum absolute atomic E-state index is 12.0. The van der Waals surface area contributed by atoms with Crippen molar-refractivity contribution in [2.75, 3.05) is 4.72 Å². The second kappa shape index (κ2) is 5.20. The van der Waals surface area contributed by atoms with Gasteiger partial charge < -0.3 is 5.11 Å². The maximum atomic E-state index is 12.0. The molecule has 0 bridgehead atoms. The van der Waals surface area contributed by atoms with Crippen molar-refractivity contribution in [1.82, 2.24) is 10.2 Å². The number of aromatic hydroxyl groups is 1. The molecule has 2 rings (SSSR count). The number of rotatable bonds is 4. The van der Waals surface area contributed by atoms with Crippen LogP contribution in [0.4, 0.5) is 11.5 Å². The summed E-state index contributed by atoms with van der Waals surface area (Å²) in [5, 5.41) is 25.4. The van der Waals surface area contributed by atoms with E-state index in [-0.39, 0.29) is 5.82 Å². The molecule has 0 radical (unpaired) electrons. The van der Waals surface area contributed by atoms with Gasteiger partial charge in [0.2, 0.25) is 0 Å². The van der Waals surface area contributed by atoms with Crippen LogP contribution in [0.1, 0.15) is 0 Å². The first-order valence-electron chi connectivity index (χ1n) is 5.35. The quantitative estimate of drug-likeness (QED) is 0.537. The van der Waals surface area contributed by atoms with E-state index in [0.717, 1.165) is 24.3 Å². The van der Waals surface area contributed by atoms with Crippen molar-refractivity contribution in [3.63, 3.8) is 0 Å². The molecule has 0 atom stereocenters. The Morgan fingerprint density at radius 3 is 2.57 bits per heavy atom. The zero-order valence-electron chi connectivity index (χ0n) is 10.2. The number of nitrogens with zero attached hydrogens (tertiary/aromatic N) is 2. The molecule has 2 aromatic rings. The predicted molar refractivity (Wildman–Crippen MR) is 70.4 cm³/mol.